The summed E-state index contributed by atoms with van der Waals surface area (Å²) in [7, 11) is 0. The molecule has 1 saturated carbocycles. The molecule has 0 unspecified atom stereocenters. The predicted molar refractivity (Wildman–Crippen MR) is 82.8 cm³/mol. The number of nitrogens with zero attached hydrogens (tertiary/aromatic N) is 3. The summed E-state index contributed by atoms with van der Waals surface area (Å²) in [6.07, 6.45) is 5.86. The van der Waals surface area contributed by atoms with Gasteiger partial charge in [-0.3, -0.25) is 9.69 Å². The van der Waals surface area contributed by atoms with Crippen molar-refractivity contribution in [1.82, 2.24) is 25.3 Å². The number of nitrogens with one attached hydrogen (secondary N) is 2. The zero-order valence-corrected chi connectivity index (χ0v) is 13.2. The molecule has 2 aliphatic rings. The van der Waals surface area contributed by atoms with Crippen molar-refractivity contribution >= 4 is 5.91 Å². The predicted octanol–water partition coefficient (Wildman–Crippen LogP) is 1.53. The Hall–Kier alpha value is -2.15. The molecule has 3 heterocycles. The van der Waals surface area contributed by atoms with E-state index in [0.29, 0.717) is 17.5 Å². The number of H-pyrrole nitrogens is 1. The van der Waals surface area contributed by atoms with Crippen LogP contribution in [0.25, 0.3) is 0 Å². The molecule has 23 heavy (non-hydrogen) atoms. The molecule has 122 valence electrons. The highest BCUT2D eigenvalue weighted by Gasteiger charge is 2.33. The van der Waals surface area contributed by atoms with Crippen LogP contribution in [0.2, 0.25) is 0 Å². The number of carbonyl (C=O) groups is 1. The van der Waals surface area contributed by atoms with Crippen LogP contribution in [-0.2, 0) is 6.54 Å². The average Bonchev–Trinajstić information content (AvgIpc) is 2.94. The lowest BCUT2D eigenvalue weighted by Crippen LogP contribution is -2.40. The smallest absolute Gasteiger partial charge is 0.273 e. The Bertz CT molecular complexity index is 676. The van der Waals surface area contributed by atoms with Crippen LogP contribution >= 0.6 is 0 Å². The van der Waals surface area contributed by atoms with Gasteiger partial charge in [-0.05, 0) is 18.8 Å². The second-order valence-electron chi connectivity index (χ2n) is 6.68. The second kappa shape index (κ2) is 5.81. The number of amides is 1. The number of imidazole rings is 1. The Morgan fingerprint density at radius 1 is 1.48 bits per heavy atom. The third kappa shape index (κ3) is 3.14. The van der Waals surface area contributed by atoms with Gasteiger partial charge in [-0.15, -0.1) is 0 Å². The molecule has 0 bridgehead atoms. The van der Waals surface area contributed by atoms with Crippen molar-refractivity contribution in [3.8, 4) is 0 Å². The first kappa shape index (κ1) is 14.4. The van der Waals surface area contributed by atoms with Gasteiger partial charge in [-0.2, -0.15) is 0 Å². The lowest BCUT2D eigenvalue weighted by atomic mass is 10.1. The van der Waals surface area contributed by atoms with E-state index in [1.165, 1.54) is 0 Å². The molecule has 2 N–H and O–H groups in total. The topological polar surface area (TPSA) is 87.0 Å². The van der Waals surface area contributed by atoms with E-state index < -0.39 is 0 Å². The highest BCUT2D eigenvalue weighted by atomic mass is 16.5. The van der Waals surface area contributed by atoms with E-state index in [0.717, 1.165) is 44.1 Å². The minimum atomic E-state index is -0.141. The maximum atomic E-state index is 12.4. The number of likely N-dealkylation sites (tertiary alicyclic amines) is 1. The van der Waals surface area contributed by atoms with Gasteiger partial charge in [0.15, 0.2) is 5.69 Å². The summed E-state index contributed by atoms with van der Waals surface area (Å²) in [5.41, 5.74) is 0.392. The monoisotopic (exact) mass is 315 g/mol. The molecule has 2 aromatic heterocycles. The number of rotatable bonds is 5. The number of carbonyl (C=O) groups excluding carboxylic acids is 1. The van der Waals surface area contributed by atoms with Crippen molar-refractivity contribution in [3.05, 3.63) is 35.7 Å². The molecule has 2 atom stereocenters. The van der Waals surface area contributed by atoms with E-state index in [1.807, 2.05) is 6.20 Å². The molecule has 0 spiro atoms. The number of aromatic nitrogens is 3. The molecular formula is C16H21N5O2. The maximum absolute atomic E-state index is 12.4. The zero-order chi connectivity index (χ0) is 15.8. The van der Waals surface area contributed by atoms with Crippen LogP contribution < -0.4 is 5.32 Å². The summed E-state index contributed by atoms with van der Waals surface area (Å²) in [6, 6.07) is 1.91. The summed E-state index contributed by atoms with van der Waals surface area (Å²) in [6.45, 7) is 4.70. The molecule has 2 aromatic rings. The first-order valence-corrected chi connectivity index (χ1v) is 8.17. The van der Waals surface area contributed by atoms with Crippen molar-refractivity contribution in [1.29, 1.82) is 0 Å². The van der Waals surface area contributed by atoms with Crippen LogP contribution in [0.5, 0.6) is 0 Å². The Kier molecular flexibility index (Phi) is 3.65. The second-order valence-corrected chi connectivity index (χ2v) is 6.68. The fraction of sp³-hybridized carbons (Fsp3) is 0.562. The summed E-state index contributed by atoms with van der Waals surface area (Å²) >= 11 is 0. The van der Waals surface area contributed by atoms with Crippen molar-refractivity contribution < 1.29 is 9.32 Å². The van der Waals surface area contributed by atoms with Crippen LogP contribution in [0.3, 0.4) is 0 Å². The molecule has 0 aromatic carbocycles. The van der Waals surface area contributed by atoms with E-state index in [1.54, 1.807) is 12.3 Å². The van der Waals surface area contributed by atoms with Gasteiger partial charge in [-0.25, -0.2) is 4.98 Å². The number of hydrogen-bond acceptors (Lipinski definition) is 5. The molecule has 4 rings (SSSR count). The van der Waals surface area contributed by atoms with Crippen molar-refractivity contribution in [2.75, 3.05) is 13.1 Å². The molecule has 1 aliphatic carbocycles. The average molecular weight is 315 g/mol. The summed E-state index contributed by atoms with van der Waals surface area (Å²) < 4.78 is 5.26. The molecule has 0 radical (unpaired) electrons. The van der Waals surface area contributed by atoms with E-state index in [9.17, 15) is 4.79 Å². The van der Waals surface area contributed by atoms with Crippen molar-refractivity contribution in [3.63, 3.8) is 0 Å². The summed E-state index contributed by atoms with van der Waals surface area (Å²) in [5, 5.41) is 7.00. The first-order valence-electron chi connectivity index (χ1n) is 8.17. The van der Waals surface area contributed by atoms with Crippen LogP contribution in [-0.4, -0.2) is 45.1 Å². The summed E-state index contributed by atoms with van der Waals surface area (Å²) in [4.78, 5) is 22.0. The molecule has 7 heteroatoms. The Morgan fingerprint density at radius 3 is 3.09 bits per heavy atom. The van der Waals surface area contributed by atoms with Crippen LogP contribution in [0.15, 0.2) is 23.0 Å². The van der Waals surface area contributed by atoms with Crippen LogP contribution in [0.4, 0.5) is 0 Å². The molecular weight excluding hydrogens is 294 g/mol. The van der Waals surface area contributed by atoms with E-state index in [2.05, 4.69) is 32.3 Å². The molecule has 2 fully saturated rings. The van der Waals surface area contributed by atoms with Gasteiger partial charge < -0.3 is 14.8 Å². The molecule has 7 nitrogen and oxygen atoms in total. The van der Waals surface area contributed by atoms with E-state index >= 15 is 0 Å². The Balaban J connectivity index is 1.35. The van der Waals surface area contributed by atoms with Crippen molar-refractivity contribution in [2.45, 2.75) is 38.3 Å². The summed E-state index contributed by atoms with van der Waals surface area (Å²) in [5.74, 6) is 2.52. The Morgan fingerprint density at radius 2 is 2.35 bits per heavy atom. The standard InChI is InChI=1S/C16H21N5O2/c1-10-7-21(9-15-17-4-5-18-15)8-13(10)19-16(22)12-6-14(23-20-12)11-2-3-11/h4-6,10-11,13H,2-3,7-9H2,1H3,(H,17,18)(H,19,22)/t10-,13+/m1/s1. The third-order valence-electron chi connectivity index (χ3n) is 4.67. The normalized spacial score (nSPS) is 24.9. The molecule has 1 saturated heterocycles. The quantitative estimate of drug-likeness (QED) is 0.873. The largest absolute Gasteiger partial charge is 0.360 e. The van der Waals surface area contributed by atoms with Gasteiger partial charge in [0.05, 0.1) is 6.54 Å². The Labute approximate surface area is 134 Å². The number of aromatic amines is 1. The highest BCUT2D eigenvalue weighted by Crippen LogP contribution is 2.40. The van der Waals surface area contributed by atoms with Gasteiger partial charge in [0.25, 0.3) is 5.91 Å². The fourth-order valence-electron chi connectivity index (χ4n) is 3.18. The first-order chi connectivity index (χ1) is 11.2. The van der Waals surface area contributed by atoms with Crippen molar-refractivity contribution in [2.24, 2.45) is 5.92 Å². The lowest BCUT2D eigenvalue weighted by molar-refractivity contribution is 0.0922. The van der Waals surface area contributed by atoms with Gasteiger partial charge >= 0.3 is 0 Å². The SMILES string of the molecule is C[C@@H]1CN(Cc2ncc[nH]2)C[C@@H]1NC(=O)c1cc(C2CC2)on1. The van der Waals surface area contributed by atoms with Gasteiger partial charge in [0.1, 0.15) is 11.6 Å². The molecule has 1 amide bonds. The lowest BCUT2D eigenvalue weighted by Gasteiger charge is -2.16. The van der Waals surface area contributed by atoms with Gasteiger partial charge in [0.2, 0.25) is 0 Å². The maximum Gasteiger partial charge on any atom is 0.273 e. The van der Waals surface area contributed by atoms with Gasteiger partial charge in [0, 0.05) is 43.5 Å². The zero-order valence-electron chi connectivity index (χ0n) is 13.2. The van der Waals surface area contributed by atoms with Gasteiger partial charge in [-0.1, -0.05) is 12.1 Å². The number of hydrogen-bond donors (Lipinski definition) is 2. The highest BCUT2D eigenvalue weighted by molar-refractivity contribution is 5.92. The van der Waals surface area contributed by atoms with Crippen LogP contribution in [0.1, 0.15) is 47.8 Å². The minimum absolute atomic E-state index is 0.124. The third-order valence-corrected chi connectivity index (χ3v) is 4.67. The molecule has 1 aliphatic heterocycles. The van der Waals surface area contributed by atoms with E-state index in [4.69, 9.17) is 4.52 Å². The van der Waals surface area contributed by atoms with E-state index in [-0.39, 0.29) is 11.9 Å². The minimum Gasteiger partial charge on any atom is -0.360 e. The van der Waals surface area contributed by atoms with Crippen LogP contribution in [0, 0.1) is 5.92 Å². The fourth-order valence-corrected chi connectivity index (χ4v) is 3.18.